The Hall–Kier alpha value is -3.20. The van der Waals surface area contributed by atoms with E-state index >= 15 is 0 Å². The highest BCUT2D eigenvalue weighted by molar-refractivity contribution is 5.96. The molecule has 0 bridgehead atoms. The Kier molecular flexibility index (Phi) is 4.13. The normalized spacial score (nSPS) is 11.0. The van der Waals surface area contributed by atoms with Crippen molar-refractivity contribution in [3.8, 4) is 16.8 Å². The van der Waals surface area contributed by atoms with Crippen molar-refractivity contribution < 1.29 is 0 Å². The van der Waals surface area contributed by atoms with Crippen LogP contribution in [0.1, 0.15) is 18.3 Å². The van der Waals surface area contributed by atoms with Gasteiger partial charge in [0.1, 0.15) is 0 Å². The van der Waals surface area contributed by atoms with Crippen molar-refractivity contribution in [1.29, 1.82) is 0 Å². The van der Waals surface area contributed by atoms with Crippen LogP contribution in [0.5, 0.6) is 0 Å². The van der Waals surface area contributed by atoms with Crippen LogP contribution in [-0.4, -0.2) is 9.55 Å². The van der Waals surface area contributed by atoms with Crippen molar-refractivity contribution in [3.63, 3.8) is 0 Å². The predicted octanol–water partition coefficient (Wildman–Crippen LogP) is 4.92. The molecule has 2 aromatic heterocycles. The van der Waals surface area contributed by atoms with Gasteiger partial charge in [-0.1, -0.05) is 49.4 Å². The molecular weight excluding hydrogens is 320 g/mol. The largest absolute Gasteiger partial charge is 0.281 e. The van der Waals surface area contributed by atoms with Gasteiger partial charge in [0.2, 0.25) is 0 Å². The van der Waals surface area contributed by atoms with Gasteiger partial charge in [-0.25, -0.2) is 0 Å². The molecular formula is C23H20N2O. The predicted molar refractivity (Wildman–Crippen MR) is 107 cm³/mol. The zero-order valence-corrected chi connectivity index (χ0v) is 14.9. The second-order valence-electron chi connectivity index (χ2n) is 6.42. The van der Waals surface area contributed by atoms with E-state index in [4.69, 9.17) is 0 Å². The van der Waals surface area contributed by atoms with Crippen LogP contribution in [-0.2, 0) is 6.42 Å². The summed E-state index contributed by atoms with van der Waals surface area (Å²) >= 11 is 0. The Morgan fingerprint density at radius 2 is 1.77 bits per heavy atom. The highest BCUT2D eigenvalue weighted by Crippen LogP contribution is 2.27. The van der Waals surface area contributed by atoms with Crippen LogP contribution in [0.4, 0.5) is 0 Å². The molecule has 0 aliphatic rings. The van der Waals surface area contributed by atoms with E-state index in [1.165, 1.54) is 0 Å². The van der Waals surface area contributed by atoms with E-state index in [0.29, 0.717) is 0 Å². The molecule has 3 nitrogen and oxygen atoms in total. The average Bonchev–Trinajstić information content (AvgIpc) is 2.68. The number of rotatable bonds is 3. The van der Waals surface area contributed by atoms with E-state index in [0.717, 1.165) is 45.4 Å². The third-order valence-corrected chi connectivity index (χ3v) is 4.72. The SMILES string of the molecule is CCc1cc2cccc(-c3ccc(C)nc3)c2c(=O)n1-c1ccccc1. The minimum atomic E-state index is 0.0155. The Morgan fingerprint density at radius 1 is 0.962 bits per heavy atom. The van der Waals surface area contributed by atoms with Crippen molar-refractivity contribution in [1.82, 2.24) is 9.55 Å². The lowest BCUT2D eigenvalue weighted by Gasteiger charge is -2.15. The van der Waals surface area contributed by atoms with Crippen LogP contribution in [0.3, 0.4) is 0 Å². The van der Waals surface area contributed by atoms with Gasteiger partial charge < -0.3 is 0 Å². The van der Waals surface area contributed by atoms with Gasteiger partial charge in [-0.3, -0.25) is 14.3 Å². The summed E-state index contributed by atoms with van der Waals surface area (Å²) in [5, 5.41) is 1.70. The summed E-state index contributed by atoms with van der Waals surface area (Å²) in [7, 11) is 0. The second kappa shape index (κ2) is 6.60. The first-order valence-corrected chi connectivity index (χ1v) is 8.85. The third kappa shape index (κ3) is 2.72. The number of benzene rings is 2. The molecule has 0 amide bonds. The number of nitrogens with zero attached hydrogens (tertiary/aromatic N) is 2. The number of para-hydroxylation sites is 1. The third-order valence-electron chi connectivity index (χ3n) is 4.72. The van der Waals surface area contributed by atoms with E-state index in [2.05, 4.69) is 18.0 Å². The molecule has 0 aliphatic heterocycles. The molecule has 0 spiro atoms. The molecule has 0 atom stereocenters. The molecule has 4 rings (SSSR count). The minimum absolute atomic E-state index is 0.0155. The quantitative estimate of drug-likeness (QED) is 0.530. The summed E-state index contributed by atoms with van der Waals surface area (Å²) < 4.78 is 1.83. The minimum Gasteiger partial charge on any atom is -0.281 e. The van der Waals surface area contributed by atoms with Crippen molar-refractivity contribution in [2.24, 2.45) is 0 Å². The van der Waals surface area contributed by atoms with E-state index in [9.17, 15) is 4.79 Å². The topological polar surface area (TPSA) is 34.9 Å². The van der Waals surface area contributed by atoms with Crippen LogP contribution in [0.15, 0.2) is 77.7 Å². The van der Waals surface area contributed by atoms with Gasteiger partial charge in [0, 0.05) is 28.8 Å². The van der Waals surface area contributed by atoms with Crippen molar-refractivity contribution in [2.45, 2.75) is 20.3 Å². The Morgan fingerprint density at radius 3 is 2.46 bits per heavy atom. The van der Waals surface area contributed by atoms with Crippen LogP contribution in [0.2, 0.25) is 0 Å². The van der Waals surface area contributed by atoms with Crippen molar-refractivity contribution in [3.05, 3.63) is 94.7 Å². The molecule has 0 fully saturated rings. The Bertz CT molecular complexity index is 1130. The van der Waals surface area contributed by atoms with Crippen molar-refractivity contribution >= 4 is 10.8 Å². The molecule has 26 heavy (non-hydrogen) atoms. The van der Waals surface area contributed by atoms with Gasteiger partial charge in [0.25, 0.3) is 5.56 Å². The molecule has 0 aliphatic carbocycles. The molecule has 0 saturated carbocycles. The molecule has 4 aromatic rings. The van der Waals surface area contributed by atoms with Gasteiger partial charge in [-0.2, -0.15) is 0 Å². The number of hydrogen-bond donors (Lipinski definition) is 0. The summed E-state index contributed by atoms with van der Waals surface area (Å²) in [6.45, 7) is 4.04. The van der Waals surface area contributed by atoms with E-state index in [1.54, 1.807) is 0 Å². The molecule has 2 aromatic carbocycles. The average molecular weight is 340 g/mol. The zero-order chi connectivity index (χ0) is 18.1. The maximum absolute atomic E-state index is 13.5. The number of hydrogen-bond acceptors (Lipinski definition) is 2. The first-order valence-electron chi connectivity index (χ1n) is 8.85. The first kappa shape index (κ1) is 16.3. The Labute approximate surface area is 152 Å². The number of fused-ring (bicyclic) bond motifs is 1. The standard InChI is InChI=1S/C23H20N2O/c1-3-19-14-17-8-7-11-21(18-13-12-16(2)24-15-18)22(17)23(26)25(19)20-9-5-4-6-10-20/h4-15H,3H2,1-2H3. The molecule has 128 valence electrons. The Balaban J connectivity index is 2.08. The summed E-state index contributed by atoms with van der Waals surface area (Å²) in [6.07, 6.45) is 2.63. The zero-order valence-electron chi connectivity index (χ0n) is 14.9. The lowest BCUT2D eigenvalue weighted by atomic mass is 9.99. The molecule has 2 heterocycles. The van der Waals surface area contributed by atoms with Crippen molar-refractivity contribution in [2.75, 3.05) is 0 Å². The van der Waals surface area contributed by atoms with Crippen LogP contribution in [0, 0.1) is 6.92 Å². The molecule has 0 saturated heterocycles. The lowest BCUT2D eigenvalue weighted by Crippen LogP contribution is -2.22. The fourth-order valence-corrected chi connectivity index (χ4v) is 3.40. The summed E-state index contributed by atoms with van der Waals surface area (Å²) in [5.41, 5.74) is 4.76. The number of aromatic nitrogens is 2. The number of pyridine rings is 2. The van der Waals surface area contributed by atoms with E-state index in [-0.39, 0.29) is 5.56 Å². The van der Waals surface area contributed by atoms with Crippen LogP contribution in [0.25, 0.3) is 27.6 Å². The maximum Gasteiger partial charge on any atom is 0.263 e. The molecule has 3 heteroatoms. The van der Waals surface area contributed by atoms with Gasteiger partial charge >= 0.3 is 0 Å². The van der Waals surface area contributed by atoms with Gasteiger partial charge in [-0.15, -0.1) is 0 Å². The van der Waals surface area contributed by atoms with Gasteiger partial charge in [-0.05, 0) is 48.6 Å². The van der Waals surface area contributed by atoms with E-state index < -0.39 is 0 Å². The highest BCUT2D eigenvalue weighted by Gasteiger charge is 2.14. The lowest BCUT2D eigenvalue weighted by molar-refractivity contribution is 0.889. The number of aryl methyl sites for hydroxylation is 2. The summed E-state index contributed by atoms with van der Waals surface area (Å²) in [6, 6.07) is 22.0. The summed E-state index contributed by atoms with van der Waals surface area (Å²) in [4.78, 5) is 17.9. The molecule has 0 unspecified atom stereocenters. The first-order chi connectivity index (χ1) is 12.7. The smallest absolute Gasteiger partial charge is 0.263 e. The van der Waals surface area contributed by atoms with Crippen LogP contribution < -0.4 is 5.56 Å². The highest BCUT2D eigenvalue weighted by atomic mass is 16.1. The monoisotopic (exact) mass is 340 g/mol. The van der Waals surface area contributed by atoms with E-state index in [1.807, 2.05) is 78.4 Å². The molecule has 0 N–H and O–H groups in total. The summed E-state index contributed by atoms with van der Waals surface area (Å²) in [5.74, 6) is 0. The maximum atomic E-state index is 13.5. The molecule has 0 radical (unpaired) electrons. The second-order valence-corrected chi connectivity index (χ2v) is 6.42. The fourth-order valence-electron chi connectivity index (χ4n) is 3.40. The van der Waals surface area contributed by atoms with Gasteiger partial charge in [0.15, 0.2) is 0 Å². The fraction of sp³-hybridized carbons (Fsp3) is 0.130. The van der Waals surface area contributed by atoms with Gasteiger partial charge in [0.05, 0.1) is 5.39 Å². The van der Waals surface area contributed by atoms with Crippen LogP contribution >= 0.6 is 0 Å².